The van der Waals surface area contributed by atoms with Crippen LogP contribution in [0.2, 0.25) is 0 Å². The van der Waals surface area contributed by atoms with E-state index in [2.05, 4.69) is 20.4 Å². The maximum absolute atomic E-state index is 13.1. The Kier molecular flexibility index (Phi) is 7.24. The highest BCUT2D eigenvalue weighted by Crippen LogP contribution is 2.40. The quantitative estimate of drug-likeness (QED) is 0.190. The van der Waals surface area contributed by atoms with Gasteiger partial charge < -0.3 is 26.1 Å². The lowest BCUT2D eigenvalue weighted by Gasteiger charge is -2.49. The number of carbonyl (C=O) groups is 4. The molecule has 3 aliphatic rings. The molecule has 0 aromatic carbocycles. The van der Waals surface area contributed by atoms with Crippen molar-refractivity contribution < 1.29 is 34.2 Å². The summed E-state index contributed by atoms with van der Waals surface area (Å²) in [6, 6.07) is -1.00. The number of nitrogens with one attached hydrogen (secondary N) is 1. The molecule has 36 heavy (non-hydrogen) atoms. The lowest BCUT2D eigenvalue weighted by molar-refractivity contribution is -0.161. The molecule has 0 spiro atoms. The Hall–Kier alpha value is -3.17. The SMILES string of the molecule is CC(C)(O/N=C(\C(=O)N[C@@H]1C(=O)N2C(C(=O)O)=C(CN3CCCC3)CS[C@H]12)c1csc(N)n1)C(=O)O. The van der Waals surface area contributed by atoms with Gasteiger partial charge >= 0.3 is 11.9 Å². The molecule has 0 bridgehead atoms. The van der Waals surface area contributed by atoms with Crippen LogP contribution in [0, 0.1) is 0 Å². The predicted octanol–water partition coefficient (Wildman–Crippen LogP) is 0.144. The van der Waals surface area contributed by atoms with Crippen LogP contribution in [0.1, 0.15) is 32.4 Å². The number of carboxylic acids is 2. The van der Waals surface area contributed by atoms with Crippen molar-refractivity contribution in [2.45, 2.75) is 43.7 Å². The molecule has 1 aromatic rings. The molecule has 2 amide bonds. The van der Waals surface area contributed by atoms with Gasteiger partial charge in [0.25, 0.3) is 11.8 Å². The Bertz CT molecular complexity index is 1160. The lowest BCUT2D eigenvalue weighted by Crippen LogP contribution is -2.71. The van der Waals surface area contributed by atoms with Gasteiger partial charge in [-0.3, -0.25) is 19.4 Å². The molecular formula is C21H26N6O7S2. The van der Waals surface area contributed by atoms with Crippen molar-refractivity contribution in [2.24, 2.45) is 5.16 Å². The number of β-lactam (4-membered cyclic amide) rings is 1. The number of oxime groups is 1. The van der Waals surface area contributed by atoms with Gasteiger partial charge in [0.15, 0.2) is 10.8 Å². The first kappa shape index (κ1) is 25.9. The number of rotatable bonds is 9. The Labute approximate surface area is 214 Å². The van der Waals surface area contributed by atoms with Gasteiger partial charge in [-0.1, -0.05) is 5.16 Å². The molecule has 13 nitrogen and oxygen atoms in total. The number of anilines is 1. The normalized spacial score (nSPS) is 22.8. The predicted molar refractivity (Wildman–Crippen MR) is 131 cm³/mol. The maximum Gasteiger partial charge on any atom is 0.352 e. The molecule has 3 aliphatic heterocycles. The van der Waals surface area contributed by atoms with Crippen LogP contribution < -0.4 is 11.1 Å². The molecule has 15 heteroatoms. The third-order valence-corrected chi connectivity index (χ3v) is 8.02. The van der Waals surface area contributed by atoms with E-state index in [0.717, 1.165) is 37.3 Å². The van der Waals surface area contributed by atoms with Gasteiger partial charge in [0.05, 0.1) is 0 Å². The molecule has 4 heterocycles. The van der Waals surface area contributed by atoms with Crippen LogP contribution in [-0.4, -0.2) is 96.9 Å². The molecular weight excluding hydrogens is 512 g/mol. The maximum atomic E-state index is 13.1. The zero-order chi connectivity index (χ0) is 26.2. The van der Waals surface area contributed by atoms with Crippen LogP contribution >= 0.6 is 23.1 Å². The molecule has 2 atom stereocenters. The number of nitrogens with two attached hydrogens (primary N) is 1. The van der Waals surface area contributed by atoms with Gasteiger partial charge in [0.2, 0.25) is 5.60 Å². The van der Waals surface area contributed by atoms with Crippen LogP contribution in [0.25, 0.3) is 0 Å². The topological polar surface area (TPSA) is 188 Å². The number of likely N-dealkylation sites (tertiary alicyclic amines) is 1. The van der Waals surface area contributed by atoms with Crippen molar-refractivity contribution >= 4 is 57.7 Å². The van der Waals surface area contributed by atoms with Gasteiger partial charge in [-0.2, -0.15) is 0 Å². The number of amides is 2. The highest BCUT2D eigenvalue weighted by Gasteiger charge is 2.54. The van der Waals surface area contributed by atoms with Crippen LogP contribution in [0.5, 0.6) is 0 Å². The molecule has 0 saturated carbocycles. The minimum Gasteiger partial charge on any atom is -0.478 e. The van der Waals surface area contributed by atoms with Crippen LogP contribution in [0.3, 0.4) is 0 Å². The minimum absolute atomic E-state index is 0.0335. The molecule has 194 valence electrons. The highest BCUT2D eigenvalue weighted by atomic mass is 32.2. The van der Waals surface area contributed by atoms with Crippen molar-refractivity contribution in [2.75, 3.05) is 31.1 Å². The number of hydrogen-bond donors (Lipinski definition) is 4. The number of carboxylic acid groups (broad SMARTS) is 2. The Morgan fingerprint density at radius 3 is 2.58 bits per heavy atom. The van der Waals surface area contributed by atoms with Gasteiger partial charge in [-0.15, -0.1) is 23.1 Å². The summed E-state index contributed by atoms with van der Waals surface area (Å²) >= 11 is 2.42. The van der Waals surface area contributed by atoms with Crippen LogP contribution in [-0.2, 0) is 24.0 Å². The zero-order valence-corrected chi connectivity index (χ0v) is 21.2. The molecule has 2 fully saturated rings. The van der Waals surface area contributed by atoms with Crippen molar-refractivity contribution in [3.05, 3.63) is 22.3 Å². The largest absolute Gasteiger partial charge is 0.478 e. The van der Waals surface area contributed by atoms with Gasteiger partial charge in [0.1, 0.15) is 22.8 Å². The van der Waals surface area contributed by atoms with Crippen molar-refractivity contribution in [3.63, 3.8) is 0 Å². The van der Waals surface area contributed by atoms with Gasteiger partial charge in [-0.25, -0.2) is 14.6 Å². The number of fused-ring (bicyclic) bond motifs is 1. The summed E-state index contributed by atoms with van der Waals surface area (Å²) in [5.74, 6) is -3.45. The van der Waals surface area contributed by atoms with E-state index in [1.165, 1.54) is 35.9 Å². The highest BCUT2D eigenvalue weighted by molar-refractivity contribution is 8.00. The second kappa shape index (κ2) is 10.1. The van der Waals surface area contributed by atoms with Crippen LogP contribution in [0.15, 0.2) is 21.8 Å². The van der Waals surface area contributed by atoms with E-state index in [4.69, 9.17) is 10.6 Å². The van der Waals surface area contributed by atoms with E-state index in [-0.39, 0.29) is 22.2 Å². The first-order chi connectivity index (χ1) is 17.0. The number of aromatic nitrogens is 1. The van der Waals surface area contributed by atoms with Crippen molar-refractivity contribution in [1.29, 1.82) is 0 Å². The van der Waals surface area contributed by atoms with Gasteiger partial charge in [-0.05, 0) is 45.4 Å². The fourth-order valence-corrected chi connectivity index (χ4v) is 5.91. The fourth-order valence-electron chi connectivity index (χ4n) is 4.02. The average molecular weight is 539 g/mol. The van der Waals surface area contributed by atoms with Crippen molar-refractivity contribution in [1.82, 2.24) is 20.1 Å². The van der Waals surface area contributed by atoms with E-state index in [1.807, 2.05) is 0 Å². The first-order valence-corrected chi connectivity index (χ1v) is 13.1. The van der Waals surface area contributed by atoms with E-state index in [0.29, 0.717) is 17.9 Å². The van der Waals surface area contributed by atoms with E-state index in [9.17, 15) is 29.4 Å². The zero-order valence-electron chi connectivity index (χ0n) is 19.6. The molecule has 5 N–H and O–H groups in total. The van der Waals surface area contributed by atoms with E-state index >= 15 is 0 Å². The number of thioether (sulfide) groups is 1. The number of nitrogen functional groups attached to an aromatic ring is 1. The molecule has 0 aliphatic carbocycles. The molecule has 0 unspecified atom stereocenters. The third-order valence-electron chi connectivity index (χ3n) is 6.01. The summed E-state index contributed by atoms with van der Waals surface area (Å²) in [5.41, 5.74) is 4.27. The third kappa shape index (κ3) is 5.03. The molecule has 2 saturated heterocycles. The number of aliphatic carboxylic acids is 2. The number of thiazole rings is 1. The summed E-state index contributed by atoms with van der Waals surface area (Å²) < 4.78 is 0. The summed E-state index contributed by atoms with van der Waals surface area (Å²) in [5, 5.41) is 26.4. The summed E-state index contributed by atoms with van der Waals surface area (Å²) in [6.45, 7) is 4.79. The molecule has 0 radical (unpaired) electrons. The summed E-state index contributed by atoms with van der Waals surface area (Å²) in [4.78, 5) is 62.0. The Balaban J connectivity index is 1.53. The van der Waals surface area contributed by atoms with E-state index < -0.39 is 40.8 Å². The minimum atomic E-state index is -1.73. The lowest BCUT2D eigenvalue weighted by atomic mass is 10.0. The fraction of sp³-hybridized carbons (Fsp3) is 0.524. The summed E-state index contributed by atoms with van der Waals surface area (Å²) in [6.07, 6.45) is 2.12. The Morgan fingerprint density at radius 1 is 1.31 bits per heavy atom. The van der Waals surface area contributed by atoms with Gasteiger partial charge in [0, 0.05) is 17.7 Å². The summed E-state index contributed by atoms with van der Waals surface area (Å²) in [7, 11) is 0. The molecule has 1 aromatic heterocycles. The Morgan fingerprint density at radius 2 is 2.00 bits per heavy atom. The monoisotopic (exact) mass is 538 g/mol. The number of nitrogens with zero attached hydrogens (tertiary/aromatic N) is 4. The number of hydrogen-bond acceptors (Lipinski definition) is 11. The van der Waals surface area contributed by atoms with E-state index in [1.54, 1.807) is 0 Å². The second-order valence-electron chi connectivity index (χ2n) is 9.02. The average Bonchev–Trinajstić information content (AvgIpc) is 3.48. The molecule has 4 rings (SSSR count). The smallest absolute Gasteiger partial charge is 0.352 e. The van der Waals surface area contributed by atoms with Crippen LogP contribution in [0.4, 0.5) is 5.13 Å². The standard InChI is InChI=1S/C21H26N6O7S2/c1-21(2,19(32)33)34-25-12(11-9-36-20(22)23-11)15(28)24-13-16(29)27-14(18(30)31)10(8-35-17(13)27)7-26-5-3-4-6-26/h9,13,17H,3-8H2,1-2H3,(H2,22,23)(H,24,28)(H,30,31)(H,32,33)/b25-12-/t13-,17-/m1/s1. The second-order valence-corrected chi connectivity index (χ2v) is 11.0. The van der Waals surface area contributed by atoms with Crippen molar-refractivity contribution in [3.8, 4) is 0 Å². The number of carbonyl (C=O) groups excluding carboxylic acids is 2. The first-order valence-electron chi connectivity index (χ1n) is 11.1.